The van der Waals surface area contributed by atoms with E-state index < -0.39 is 18.2 Å². The zero-order valence-corrected chi connectivity index (χ0v) is 13.9. The Hall–Kier alpha value is -2.09. The molecule has 8 nitrogen and oxygen atoms in total. The molecule has 0 bridgehead atoms. The van der Waals surface area contributed by atoms with Crippen molar-refractivity contribution in [3.05, 3.63) is 11.9 Å². The molecule has 0 radical (unpaired) electrons. The first kappa shape index (κ1) is 15.8. The fraction of sp³-hybridized carbons (Fsp3) is 0.667. The Kier molecular flexibility index (Phi) is 4.25. The smallest absolute Gasteiger partial charge is 0.315 e. The summed E-state index contributed by atoms with van der Waals surface area (Å²) in [5.41, 5.74) is 1.06. The number of hydrogen-bond acceptors (Lipinski definition) is 6. The van der Waals surface area contributed by atoms with Crippen LogP contribution < -0.4 is 10.6 Å². The van der Waals surface area contributed by atoms with Gasteiger partial charge in [-0.2, -0.15) is 0 Å². The standard InChI is InChI=1S/C15H24N6O2/c1-4-5-6-16-7-8-20-10(2)9-21-11-12(17-14(20)21)19(3)15(23)18-13(11)22/h9,11-12,16H,4-8H2,1-3H3,(H,18,22,23). The van der Waals surface area contributed by atoms with Gasteiger partial charge in [0, 0.05) is 32.0 Å². The number of carbonyl (C=O) groups excluding carboxylic acids is 2. The lowest BCUT2D eigenvalue weighted by atomic mass is 10.1. The monoisotopic (exact) mass is 320 g/mol. The highest BCUT2D eigenvalue weighted by atomic mass is 16.2. The summed E-state index contributed by atoms with van der Waals surface area (Å²) in [6, 6.07) is -0.865. The molecule has 2 unspecified atom stereocenters. The SMILES string of the molecule is CCCCNCCN1C(C)=CN2C1=NC1C2C(=O)NC(=O)N1C. The lowest BCUT2D eigenvalue weighted by molar-refractivity contribution is -0.126. The number of allylic oxidation sites excluding steroid dienone is 1. The molecule has 1 fully saturated rings. The molecular formula is C15H24N6O2. The first-order chi connectivity index (χ1) is 11.0. The predicted molar refractivity (Wildman–Crippen MR) is 86.4 cm³/mol. The third-order valence-corrected chi connectivity index (χ3v) is 4.49. The number of likely N-dealkylation sites (N-methyl/N-ethyl adjacent to an activating group) is 1. The van der Waals surface area contributed by atoms with E-state index in [9.17, 15) is 9.59 Å². The second-order valence-corrected chi connectivity index (χ2v) is 6.13. The average Bonchev–Trinajstić information content (AvgIpc) is 3.01. The molecule has 3 aliphatic rings. The van der Waals surface area contributed by atoms with Gasteiger partial charge in [0.25, 0.3) is 5.91 Å². The van der Waals surface area contributed by atoms with Crippen LogP contribution in [-0.2, 0) is 4.79 Å². The number of nitrogens with zero attached hydrogens (tertiary/aromatic N) is 4. The molecule has 0 saturated carbocycles. The first-order valence-electron chi connectivity index (χ1n) is 8.15. The number of urea groups is 1. The summed E-state index contributed by atoms with van der Waals surface area (Å²) in [4.78, 5) is 34.0. The third-order valence-electron chi connectivity index (χ3n) is 4.49. The molecule has 3 rings (SSSR count). The largest absolute Gasteiger partial charge is 0.325 e. The van der Waals surface area contributed by atoms with E-state index in [4.69, 9.17) is 0 Å². The van der Waals surface area contributed by atoms with Crippen LogP contribution in [0.4, 0.5) is 4.79 Å². The van der Waals surface area contributed by atoms with Crippen LogP contribution in [0.2, 0.25) is 0 Å². The van der Waals surface area contributed by atoms with E-state index in [2.05, 4.69) is 27.4 Å². The second kappa shape index (κ2) is 6.19. The number of rotatable bonds is 6. The van der Waals surface area contributed by atoms with Crippen LogP contribution in [0.5, 0.6) is 0 Å². The maximum Gasteiger partial charge on any atom is 0.325 e. The van der Waals surface area contributed by atoms with Crippen LogP contribution in [0.3, 0.4) is 0 Å². The van der Waals surface area contributed by atoms with Crippen molar-refractivity contribution in [2.24, 2.45) is 4.99 Å². The van der Waals surface area contributed by atoms with Gasteiger partial charge in [0.2, 0.25) is 5.96 Å². The maximum absolute atomic E-state index is 12.2. The summed E-state index contributed by atoms with van der Waals surface area (Å²) in [5, 5.41) is 5.80. The quantitative estimate of drug-likeness (QED) is 0.679. The highest BCUT2D eigenvalue weighted by Crippen LogP contribution is 2.31. The van der Waals surface area contributed by atoms with Gasteiger partial charge in [-0.05, 0) is 19.9 Å². The van der Waals surface area contributed by atoms with Gasteiger partial charge < -0.3 is 20.0 Å². The molecule has 2 atom stereocenters. The number of hydrogen-bond donors (Lipinski definition) is 2. The van der Waals surface area contributed by atoms with E-state index >= 15 is 0 Å². The number of nitrogens with one attached hydrogen (secondary N) is 2. The number of guanidine groups is 1. The molecule has 3 amide bonds. The maximum atomic E-state index is 12.2. The van der Waals surface area contributed by atoms with Crippen molar-refractivity contribution >= 4 is 17.9 Å². The summed E-state index contributed by atoms with van der Waals surface area (Å²) >= 11 is 0. The molecule has 0 aromatic carbocycles. The van der Waals surface area contributed by atoms with Crippen molar-refractivity contribution in [2.75, 3.05) is 26.7 Å². The number of fused-ring (bicyclic) bond motifs is 3. The van der Waals surface area contributed by atoms with Gasteiger partial charge in [0.15, 0.2) is 12.2 Å². The predicted octanol–water partition coefficient (Wildman–Crippen LogP) is 0.101. The van der Waals surface area contributed by atoms with Crippen molar-refractivity contribution in [2.45, 2.75) is 38.9 Å². The van der Waals surface area contributed by atoms with E-state index in [0.29, 0.717) is 0 Å². The summed E-state index contributed by atoms with van der Waals surface area (Å²) in [6.07, 6.45) is 3.83. The lowest BCUT2D eigenvalue weighted by Crippen LogP contribution is -2.62. The molecular weight excluding hydrogens is 296 g/mol. The van der Waals surface area contributed by atoms with Crippen molar-refractivity contribution in [3.8, 4) is 0 Å². The highest BCUT2D eigenvalue weighted by Gasteiger charge is 2.51. The van der Waals surface area contributed by atoms with Gasteiger partial charge >= 0.3 is 6.03 Å². The number of carbonyl (C=O) groups is 2. The van der Waals surface area contributed by atoms with E-state index in [1.807, 2.05) is 18.0 Å². The van der Waals surface area contributed by atoms with Crippen molar-refractivity contribution < 1.29 is 9.59 Å². The fourth-order valence-corrected chi connectivity index (χ4v) is 3.14. The van der Waals surface area contributed by atoms with E-state index in [0.717, 1.165) is 31.3 Å². The van der Waals surface area contributed by atoms with Crippen molar-refractivity contribution in [1.29, 1.82) is 0 Å². The van der Waals surface area contributed by atoms with Gasteiger partial charge in [0.1, 0.15) is 0 Å². The van der Waals surface area contributed by atoms with Crippen molar-refractivity contribution in [3.63, 3.8) is 0 Å². The second-order valence-electron chi connectivity index (χ2n) is 6.13. The Bertz CT molecular complexity index is 572. The van der Waals surface area contributed by atoms with Gasteiger partial charge in [0.05, 0.1) is 0 Å². The molecule has 1 saturated heterocycles. The molecule has 3 heterocycles. The summed E-state index contributed by atoms with van der Waals surface area (Å²) < 4.78 is 0. The fourth-order valence-electron chi connectivity index (χ4n) is 3.14. The van der Waals surface area contributed by atoms with Crippen LogP contribution in [0.25, 0.3) is 0 Å². The normalized spacial score (nSPS) is 26.1. The molecule has 3 aliphatic heterocycles. The highest BCUT2D eigenvalue weighted by molar-refractivity contribution is 6.04. The van der Waals surface area contributed by atoms with Crippen LogP contribution in [0.15, 0.2) is 16.9 Å². The Morgan fingerprint density at radius 3 is 2.87 bits per heavy atom. The van der Waals surface area contributed by atoms with E-state index in [-0.39, 0.29) is 5.91 Å². The van der Waals surface area contributed by atoms with Crippen LogP contribution in [-0.4, -0.2) is 71.5 Å². The Balaban J connectivity index is 1.70. The van der Waals surface area contributed by atoms with E-state index in [1.165, 1.54) is 17.7 Å². The molecule has 0 aliphatic carbocycles. The first-order valence-corrected chi connectivity index (χ1v) is 8.15. The van der Waals surface area contributed by atoms with Crippen molar-refractivity contribution in [1.82, 2.24) is 25.3 Å². The van der Waals surface area contributed by atoms with Crippen LogP contribution in [0.1, 0.15) is 26.7 Å². The van der Waals surface area contributed by atoms with Gasteiger partial charge in [-0.25, -0.2) is 9.79 Å². The molecule has 0 aromatic rings. The molecule has 8 heteroatoms. The summed E-state index contributed by atoms with van der Waals surface area (Å²) in [6.45, 7) is 6.84. The minimum atomic E-state index is -0.472. The molecule has 23 heavy (non-hydrogen) atoms. The Morgan fingerprint density at radius 1 is 1.35 bits per heavy atom. The van der Waals surface area contributed by atoms with Gasteiger partial charge in [-0.15, -0.1) is 0 Å². The number of amides is 3. The molecule has 2 N–H and O–H groups in total. The summed E-state index contributed by atoms with van der Waals surface area (Å²) in [7, 11) is 1.67. The Labute approximate surface area is 136 Å². The zero-order chi connectivity index (χ0) is 16.6. The minimum Gasteiger partial charge on any atom is -0.315 e. The number of imide groups is 1. The zero-order valence-electron chi connectivity index (χ0n) is 13.9. The summed E-state index contributed by atoms with van der Waals surface area (Å²) in [5.74, 6) is 0.468. The van der Waals surface area contributed by atoms with Gasteiger partial charge in [-0.3, -0.25) is 10.1 Å². The third kappa shape index (κ3) is 2.67. The van der Waals surface area contributed by atoms with E-state index in [1.54, 1.807) is 7.05 Å². The topological polar surface area (TPSA) is 80.3 Å². The number of unbranched alkanes of at least 4 members (excludes halogenated alkanes) is 1. The number of aliphatic imine (C=N–C) groups is 1. The van der Waals surface area contributed by atoms with Gasteiger partial charge in [-0.1, -0.05) is 13.3 Å². The van der Waals surface area contributed by atoms with Crippen LogP contribution in [0, 0.1) is 0 Å². The molecule has 126 valence electrons. The molecule has 0 spiro atoms. The van der Waals surface area contributed by atoms with Crippen LogP contribution >= 0.6 is 0 Å². The lowest BCUT2D eigenvalue weighted by Gasteiger charge is -2.34. The molecule has 0 aromatic heterocycles. The average molecular weight is 320 g/mol. The minimum absolute atomic E-state index is 0.288. The Morgan fingerprint density at radius 2 is 2.13 bits per heavy atom.